The molecule has 0 saturated carbocycles. The van der Waals surface area contributed by atoms with Gasteiger partial charge in [-0.2, -0.15) is 0 Å². The lowest BCUT2D eigenvalue weighted by atomic mass is 10.1. The Morgan fingerprint density at radius 3 is 1.82 bits per heavy atom. The van der Waals surface area contributed by atoms with Crippen molar-refractivity contribution in [3.8, 4) is 26.8 Å². The van der Waals surface area contributed by atoms with Crippen molar-refractivity contribution in [2.45, 2.75) is 27.2 Å². The van der Waals surface area contributed by atoms with Crippen LogP contribution in [0, 0.1) is 20.8 Å². The second-order valence-electron chi connectivity index (χ2n) is 13.7. The molecule has 0 spiro atoms. The summed E-state index contributed by atoms with van der Waals surface area (Å²) in [5, 5.41) is 26.5. The van der Waals surface area contributed by atoms with Gasteiger partial charge in [-0.15, -0.1) is 22.7 Å². The first-order valence-electron chi connectivity index (χ1n) is 18.3. The molecule has 0 bridgehead atoms. The quantitative estimate of drug-likeness (QED) is 0.0508. The molecular formula is C41H42N4O11P2S3. The first kappa shape index (κ1) is 45.2. The Morgan fingerprint density at radius 2 is 1.25 bits per heavy atom. The van der Waals surface area contributed by atoms with Crippen LogP contribution in [0.4, 0.5) is 17.1 Å². The van der Waals surface area contributed by atoms with E-state index in [4.69, 9.17) is 13.8 Å². The fraction of sp³-hybridized carbons (Fsp3) is 0.195. The molecule has 15 nitrogen and oxygen atoms in total. The molecule has 2 unspecified atom stereocenters. The zero-order chi connectivity index (χ0) is 44.3. The summed E-state index contributed by atoms with van der Waals surface area (Å²) in [5.41, 5.74) is 3.86. The number of hydrogen-bond acceptors (Lipinski definition) is 12. The smallest absolute Gasteiger partial charge is 0.348 e. The molecule has 0 aliphatic rings. The lowest BCUT2D eigenvalue weighted by Gasteiger charge is -2.22. The van der Waals surface area contributed by atoms with E-state index in [0.29, 0.717) is 37.3 Å². The van der Waals surface area contributed by atoms with Crippen LogP contribution in [0.15, 0.2) is 91.1 Å². The lowest BCUT2D eigenvalue weighted by Crippen LogP contribution is -2.23. The highest BCUT2D eigenvalue weighted by Crippen LogP contribution is 2.51. The topological polar surface area (TPSA) is 220 Å². The highest BCUT2D eigenvalue weighted by atomic mass is 32.2. The van der Waals surface area contributed by atoms with Crippen LogP contribution in [0.3, 0.4) is 0 Å². The molecule has 0 aliphatic heterocycles. The number of para-hydroxylation sites is 1. The summed E-state index contributed by atoms with van der Waals surface area (Å²) < 4.78 is 75.4. The van der Waals surface area contributed by atoms with Crippen molar-refractivity contribution in [2.24, 2.45) is 0 Å². The first-order valence-corrected chi connectivity index (χ1v) is 24.8. The third-order valence-corrected chi connectivity index (χ3v) is 17.3. The SMILES string of the molecule is COc1ncccc1-c1cc(NP(=O)(OC)c2ccc(C)cc2CCS(=O)(=O)Nc2ccccc2-c2cc(NP(=O)(OC)c3ccc(C)cc3C)c(C(=O)O)s2)c(C(=O)O)s1. The summed E-state index contributed by atoms with van der Waals surface area (Å²) in [6.45, 7) is 5.46. The van der Waals surface area contributed by atoms with Crippen LogP contribution in [0.25, 0.3) is 20.9 Å². The van der Waals surface area contributed by atoms with Crippen LogP contribution in [0.1, 0.15) is 41.6 Å². The van der Waals surface area contributed by atoms with Gasteiger partial charge in [0, 0.05) is 35.7 Å². The number of carbonyl (C=O) groups is 2. The number of pyridine rings is 1. The Balaban J connectivity index is 1.27. The Bertz CT molecular complexity index is 2860. The number of aromatic carboxylic acids is 2. The number of sulfonamides is 1. The zero-order valence-corrected chi connectivity index (χ0v) is 37.9. The molecular weight excluding hydrogens is 883 g/mol. The predicted molar refractivity (Wildman–Crippen MR) is 242 cm³/mol. The van der Waals surface area contributed by atoms with E-state index in [9.17, 15) is 37.4 Å². The fourth-order valence-electron chi connectivity index (χ4n) is 6.59. The van der Waals surface area contributed by atoms with Crippen molar-refractivity contribution in [2.75, 3.05) is 42.0 Å². The van der Waals surface area contributed by atoms with E-state index in [2.05, 4.69) is 19.9 Å². The van der Waals surface area contributed by atoms with Gasteiger partial charge < -0.3 is 34.2 Å². The summed E-state index contributed by atoms with van der Waals surface area (Å²) in [6.07, 6.45) is 1.41. The Morgan fingerprint density at radius 1 is 0.705 bits per heavy atom. The number of anilines is 3. The molecule has 20 heteroatoms. The van der Waals surface area contributed by atoms with E-state index >= 15 is 0 Å². The maximum absolute atomic E-state index is 14.6. The van der Waals surface area contributed by atoms with Crippen LogP contribution >= 0.6 is 37.7 Å². The molecule has 3 aromatic heterocycles. The van der Waals surface area contributed by atoms with E-state index in [1.807, 2.05) is 13.0 Å². The number of aromatic nitrogens is 1. The zero-order valence-electron chi connectivity index (χ0n) is 33.7. The van der Waals surface area contributed by atoms with Gasteiger partial charge in [0.2, 0.25) is 15.9 Å². The van der Waals surface area contributed by atoms with Crippen LogP contribution in [0.2, 0.25) is 0 Å². The molecule has 3 aromatic carbocycles. The van der Waals surface area contributed by atoms with Crippen molar-refractivity contribution >= 4 is 87.3 Å². The van der Waals surface area contributed by atoms with Crippen LogP contribution in [-0.4, -0.2) is 62.6 Å². The van der Waals surface area contributed by atoms with Gasteiger partial charge in [0.05, 0.1) is 46.1 Å². The van der Waals surface area contributed by atoms with Crippen LogP contribution in [0.5, 0.6) is 5.88 Å². The average molecular weight is 925 g/mol. The molecule has 0 amide bonds. The van der Waals surface area contributed by atoms with Gasteiger partial charge >= 0.3 is 27.0 Å². The van der Waals surface area contributed by atoms with Gasteiger partial charge in [-0.05, 0) is 80.8 Å². The first-order chi connectivity index (χ1) is 28.9. The minimum atomic E-state index is -4.14. The fourth-order valence-corrected chi connectivity index (χ4v) is 13.2. The summed E-state index contributed by atoms with van der Waals surface area (Å²) in [5.74, 6) is -2.77. The third-order valence-electron chi connectivity index (χ3n) is 9.45. The van der Waals surface area contributed by atoms with E-state index in [1.54, 1.807) is 74.5 Å². The summed E-state index contributed by atoms with van der Waals surface area (Å²) in [7, 11) is -8.12. The van der Waals surface area contributed by atoms with Crippen molar-refractivity contribution in [1.82, 2.24) is 4.98 Å². The summed E-state index contributed by atoms with van der Waals surface area (Å²) in [4.78, 5) is 29.6. The molecule has 0 aliphatic carbocycles. The molecule has 2 atom stereocenters. The second-order valence-corrected chi connectivity index (χ2v) is 22.0. The van der Waals surface area contributed by atoms with Crippen molar-refractivity contribution in [3.63, 3.8) is 0 Å². The molecule has 5 N–H and O–H groups in total. The van der Waals surface area contributed by atoms with E-state index in [0.717, 1.165) is 33.8 Å². The summed E-state index contributed by atoms with van der Waals surface area (Å²) in [6, 6.07) is 23.1. The Labute approximate surface area is 360 Å². The highest BCUT2D eigenvalue weighted by molar-refractivity contribution is 7.92. The number of rotatable bonds is 18. The minimum absolute atomic E-state index is 0.0225. The largest absolute Gasteiger partial charge is 0.481 e. The maximum atomic E-state index is 14.6. The molecule has 61 heavy (non-hydrogen) atoms. The number of aryl methyl sites for hydroxylation is 4. The van der Waals surface area contributed by atoms with Gasteiger partial charge in [0.1, 0.15) is 9.75 Å². The highest BCUT2D eigenvalue weighted by Gasteiger charge is 2.33. The molecule has 0 saturated heterocycles. The molecule has 6 aromatic rings. The normalized spacial score (nSPS) is 13.5. The van der Waals surface area contributed by atoms with E-state index < -0.39 is 42.8 Å². The van der Waals surface area contributed by atoms with Gasteiger partial charge in [-0.3, -0.25) is 13.9 Å². The molecule has 320 valence electrons. The maximum Gasteiger partial charge on any atom is 0.348 e. The molecule has 0 radical (unpaired) electrons. The number of nitrogens with one attached hydrogen (secondary N) is 3. The van der Waals surface area contributed by atoms with Crippen LogP contribution in [-0.2, 0) is 34.6 Å². The predicted octanol–water partition coefficient (Wildman–Crippen LogP) is 9.01. The number of methoxy groups -OCH3 is 1. The number of ether oxygens (including phenoxy) is 1. The van der Waals surface area contributed by atoms with Crippen molar-refractivity contribution < 1.29 is 51.1 Å². The Kier molecular flexibility index (Phi) is 13.6. The van der Waals surface area contributed by atoms with Crippen LogP contribution < -0.4 is 30.2 Å². The standard InChI is InChI=1S/C41H42N4O11P2S3/c1-24-13-15-33(26(3)20-24)57(50,55-5)43-31-22-35(59-37(31)40(46)47)28-10-7-8-12-30(28)45-61(52,53)19-17-27-21-25(2)14-16-34(27)58(51,56-6)44-32-23-36(60-38(32)41(48)49)29-11-9-18-42-39(29)54-4/h7-16,18,20-23,45H,17,19H2,1-6H3,(H,43,50)(H,44,51)(H,46,47)(H,48,49). The Hall–Kier alpha value is -5.32. The number of nitrogens with zero attached hydrogens (tertiary/aromatic N) is 1. The molecule has 6 rings (SSSR count). The van der Waals surface area contributed by atoms with Gasteiger partial charge in [-0.1, -0.05) is 53.6 Å². The monoisotopic (exact) mass is 924 g/mol. The number of hydrogen-bond donors (Lipinski definition) is 5. The number of carboxylic acid groups (broad SMARTS) is 2. The van der Waals surface area contributed by atoms with Gasteiger partial charge in [0.25, 0.3) is 0 Å². The second kappa shape index (κ2) is 18.3. The third kappa shape index (κ3) is 9.92. The van der Waals surface area contributed by atoms with E-state index in [-0.39, 0.29) is 44.4 Å². The van der Waals surface area contributed by atoms with Crippen molar-refractivity contribution in [1.29, 1.82) is 0 Å². The van der Waals surface area contributed by atoms with Crippen molar-refractivity contribution in [3.05, 3.63) is 123 Å². The summed E-state index contributed by atoms with van der Waals surface area (Å²) >= 11 is 1.79. The number of carboxylic acids is 2. The lowest BCUT2D eigenvalue weighted by molar-refractivity contribution is 0.0692. The number of benzene rings is 3. The molecule has 3 heterocycles. The average Bonchev–Trinajstić information content (AvgIpc) is 3.84. The van der Waals surface area contributed by atoms with Gasteiger partial charge in [-0.25, -0.2) is 23.0 Å². The minimum Gasteiger partial charge on any atom is -0.481 e. The van der Waals surface area contributed by atoms with E-state index in [1.165, 1.54) is 45.7 Å². The number of thiophene rings is 2. The molecule has 0 fully saturated rings. The van der Waals surface area contributed by atoms with Gasteiger partial charge in [0.15, 0.2) is 0 Å².